The molecule has 1 amide bonds. The van der Waals surface area contributed by atoms with Crippen molar-refractivity contribution >= 4 is 22.5 Å². The molecule has 7 heteroatoms. The van der Waals surface area contributed by atoms with Crippen molar-refractivity contribution in [2.75, 3.05) is 38.5 Å². The minimum absolute atomic E-state index is 0. The summed E-state index contributed by atoms with van der Waals surface area (Å²) >= 11 is 0. The SMILES string of the molecule is C=CNc1cc2cc(-c3cccnn3)ccc2cn1.CN1CCN(C(=O)C2CCCCC2)CC1.[HH]. The van der Waals surface area contributed by atoms with E-state index in [2.05, 4.69) is 50.0 Å². The Morgan fingerprint density at radius 1 is 1.09 bits per heavy atom. The van der Waals surface area contributed by atoms with Gasteiger partial charge in [-0.25, -0.2) is 4.98 Å². The molecule has 7 nitrogen and oxygen atoms in total. The first kappa shape index (κ1) is 23.8. The highest BCUT2D eigenvalue weighted by atomic mass is 16.2. The molecule has 34 heavy (non-hydrogen) atoms. The molecule has 1 saturated heterocycles. The van der Waals surface area contributed by atoms with Crippen molar-refractivity contribution in [1.82, 2.24) is 25.0 Å². The van der Waals surface area contributed by atoms with Crippen LogP contribution < -0.4 is 5.32 Å². The maximum Gasteiger partial charge on any atom is 0.225 e. The molecule has 3 heterocycles. The number of fused-ring (bicyclic) bond motifs is 1. The lowest BCUT2D eigenvalue weighted by atomic mass is 9.88. The lowest BCUT2D eigenvalue weighted by molar-refractivity contribution is -0.138. The highest BCUT2D eigenvalue weighted by Crippen LogP contribution is 2.26. The number of rotatable bonds is 4. The largest absolute Gasteiger partial charge is 0.347 e. The summed E-state index contributed by atoms with van der Waals surface area (Å²) in [5.74, 6) is 1.56. The minimum atomic E-state index is 0. The average Bonchev–Trinajstić information content (AvgIpc) is 2.90. The molecular formula is C27H36N6O. The number of benzene rings is 1. The topological polar surface area (TPSA) is 74.2 Å². The highest BCUT2D eigenvalue weighted by molar-refractivity contribution is 5.88. The van der Waals surface area contributed by atoms with Gasteiger partial charge in [0.1, 0.15) is 5.82 Å². The number of hydrogen-bond acceptors (Lipinski definition) is 6. The van der Waals surface area contributed by atoms with Gasteiger partial charge in [0, 0.05) is 56.9 Å². The summed E-state index contributed by atoms with van der Waals surface area (Å²) in [7, 11) is 2.13. The zero-order valence-corrected chi connectivity index (χ0v) is 20.0. The molecule has 1 N–H and O–H groups in total. The quantitative estimate of drug-likeness (QED) is 0.601. The molecule has 1 saturated carbocycles. The monoisotopic (exact) mass is 460 g/mol. The van der Waals surface area contributed by atoms with Crippen molar-refractivity contribution in [3.63, 3.8) is 0 Å². The van der Waals surface area contributed by atoms with Gasteiger partial charge in [-0.1, -0.05) is 38.0 Å². The lowest BCUT2D eigenvalue weighted by Crippen LogP contribution is -2.49. The Bertz CT molecular complexity index is 1100. The van der Waals surface area contributed by atoms with Crippen LogP contribution in [0, 0.1) is 5.92 Å². The Balaban J connectivity index is 0.000000195. The average molecular weight is 461 g/mol. The summed E-state index contributed by atoms with van der Waals surface area (Å²) in [6, 6.07) is 11.9. The smallest absolute Gasteiger partial charge is 0.225 e. The Hall–Kier alpha value is -3.32. The molecule has 0 unspecified atom stereocenters. The van der Waals surface area contributed by atoms with Gasteiger partial charge < -0.3 is 15.1 Å². The molecule has 0 atom stereocenters. The number of carbonyl (C=O) groups is 1. The molecule has 3 aromatic rings. The van der Waals surface area contributed by atoms with Gasteiger partial charge in [-0.2, -0.15) is 10.2 Å². The number of anilines is 1. The maximum absolute atomic E-state index is 12.2. The van der Waals surface area contributed by atoms with Crippen LogP contribution in [0.1, 0.15) is 33.5 Å². The highest BCUT2D eigenvalue weighted by Gasteiger charge is 2.27. The molecule has 180 valence electrons. The molecule has 0 bridgehead atoms. The summed E-state index contributed by atoms with van der Waals surface area (Å²) in [5, 5.41) is 13.2. The van der Waals surface area contributed by atoms with Gasteiger partial charge in [0.15, 0.2) is 0 Å². The van der Waals surface area contributed by atoms with Crippen LogP contribution in [0.3, 0.4) is 0 Å². The van der Waals surface area contributed by atoms with Gasteiger partial charge in [0.05, 0.1) is 5.69 Å². The van der Waals surface area contributed by atoms with Gasteiger partial charge in [0.2, 0.25) is 5.91 Å². The van der Waals surface area contributed by atoms with E-state index in [1.807, 2.05) is 36.5 Å². The fraction of sp³-hybridized carbons (Fsp3) is 0.407. The Morgan fingerprint density at radius 3 is 2.59 bits per heavy atom. The molecule has 2 fully saturated rings. The van der Waals surface area contributed by atoms with Gasteiger partial charge in [-0.15, -0.1) is 0 Å². The Kier molecular flexibility index (Phi) is 8.20. The predicted octanol–water partition coefficient (Wildman–Crippen LogP) is 4.83. The normalized spacial score (nSPS) is 17.0. The summed E-state index contributed by atoms with van der Waals surface area (Å²) in [4.78, 5) is 20.8. The fourth-order valence-corrected chi connectivity index (χ4v) is 4.57. The first-order valence-corrected chi connectivity index (χ1v) is 12.2. The van der Waals surface area contributed by atoms with Crippen LogP contribution in [-0.2, 0) is 4.79 Å². The zero-order valence-electron chi connectivity index (χ0n) is 20.0. The first-order chi connectivity index (χ1) is 16.6. The predicted molar refractivity (Wildman–Crippen MR) is 139 cm³/mol. The Morgan fingerprint density at radius 2 is 1.88 bits per heavy atom. The number of nitrogens with zero attached hydrogens (tertiary/aromatic N) is 5. The van der Waals surface area contributed by atoms with Crippen molar-refractivity contribution in [2.45, 2.75) is 32.1 Å². The van der Waals surface area contributed by atoms with Crippen molar-refractivity contribution in [2.24, 2.45) is 5.92 Å². The van der Waals surface area contributed by atoms with Crippen LogP contribution >= 0.6 is 0 Å². The third kappa shape index (κ3) is 6.17. The third-order valence-corrected chi connectivity index (χ3v) is 6.61. The summed E-state index contributed by atoms with van der Waals surface area (Å²) in [6.07, 6.45) is 11.2. The van der Waals surface area contributed by atoms with Crippen LogP contribution in [0.5, 0.6) is 0 Å². The van der Waals surface area contributed by atoms with Gasteiger partial charge in [0.25, 0.3) is 0 Å². The third-order valence-electron chi connectivity index (χ3n) is 6.61. The van der Waals surface area contributed by atoms with Crippen LogP contribution in [0.25, 0.3) is 22.0 Å². The first-order valence-electron chi connectivity index (χ1n) is 12.2. The second-order valence-electron chi connectivity index (χ2n) is 9.05. The second-order valence-corrected chi connectivity index (χ2v) is 9.05. The molecule has 1 aliphatic heterocycles. The van der Waals surface area contributed by atoms with Crippen LogP contribution in [0.15, 0.2) is 61.6 Å². The number of carbonyl (C=O) groups excluding carboxylic acids is 1. The maximum atomic E-state index is 12.2. The van der Waals surface area contributed by atoms with E-state index in [-0.39, 0.29) is 1.43 Å². The van der Waals surface area contributed by atoms with Crippen LogP contribution in [0.4, 0.5) is 5.82 Å². The molecule has 5 rings (SSSR count). The van der Waals surface area contributed by atoms with Crippen LogP contribution in [0.2, 0.25) is 0 Å². The summed E-state index contributed by atoms with van der Waals surface area (Å²) in [5.41, 5.74) is 1.90. The number of amides is 1. The van der Waals surface area contributed by atoms with Crippen molar-refractivity contribution in [1.29, 1.82) is 0 Å². The van der Waals surface area contributed by atoms with E-state index in [1.165, 1.54) is 19.3 Å². The van der Waals surface area contributed by atoms with E-state index in [1.54, 1.807) is 12.4 Å². The zero-order chi connectivity index (χ0) is 23.8. The van der Waals surface area contributed by atoms with E-state index < -0.39 is 0 Å². The van der Waals surface area contributed by atoms with Gasteiger partial charge in [-0.3, -0.25) is 4.79 Å². The van der Waals surface area contributed by atoms with Crippen molar-refractivity contribution < 1.29 is 6.22 Å². The van der Waals surface area contributed by atoms with E-state index in [0.717, 1.165) is 66.9 Å². The molecule has 1 aromatic carbocycles. The number of hydrogen-bond donors (Lipinski definition) is 1. The number of pyridine rings is 1. The van der Waals surface area contributed by atoms with Crippen molar-refractivity contribution in [3.8, 4) is 11.3 Å². The van der Waals surface area contributed by atoms with Gasteiger partial charge in [-0.05, 0) is 55.7 Å². The number of piperazine rings is 1. The summed E-state index contributed by atoms with van der Waals surface area (Å²) < 4.78 is 0. The molecule has 2 aliphatic rings. The summed E-state index contributed by atoms with van der Waals surface area (Å²) in [6.45, 7) is 7.58. The number of nitrogens with one attached hydrogen (secondary N) is 1. The second kappa shape index (κ2) is 11.7. The van der Waals surface area contributed by atoms with E-state index in [9.17, 15) is 4.79 Å². The van der Waals surface area contributed by atoms with Crippen LogP contribution in [-0.4, -0.2) is 64.1 Å². The fourth-order valence-electron chi connectivity index (χ4n) is 4.57. The van der Waals surface area contributed by atoms with Crippen molar-refractivity contribution in [3.05, 3.63) is 61.6 Å². The van der Waals surface area contributed by atoms with E-state index in [0.29, 0.717) is 11.8 Å². The molecular weight excluding hydrogens is 424 g/mol. The lowest BCUT2D eigenvalue weighted by Gasteiger charge is -2.35. The molecule has 2 aromatic heterocycles. The standard InChI is InChI=1S/C15H12N4.C12H22N2O.H2/c1-2-16-15-9-13-8-11(5-6-12(13)10-17-15)14-4-3-7-18-19-14;1-13-7-9-14(10-8-13)12(15)11-5-3-2-4-6-11;/h2-10H,1H2,(H,16,17);11H,2-10H2,1H3;1H. The van der Waals surface area contributed by atoms with E-state index >= 15 is 0 Å². The molecule has 1 aliphatic carbocycles. The number of aromatic nitrogens is 3. The van der Waals surface area contributed by atoms with Gasteiger partial charge >= 0.3 is 0 Å². The van der Waals surface area contributed by atoms with E-state index in [4.69, 9.17) is 0 Å². The molecule has 0 spiro atoms. The molecule has 0 radical (unpaired) electrons. The minimum Gasteiger partial charge on any atom is -0.347 e. The number of likely N-dealkylation sites (N-methyl/N-ethyl adjacent to an activating group) is 1. The Labute approximate surface area is 203 Å².